The van der Waals surface area contributed by atoms with E-state index in [1.807, 2.05) is 17.0 Å². The number of ether oxygens (including phenoxy) is 1. The molecule has 0 saturated carbocycles. The number of hydrogen-bond donors (Lipinski definition) is 0. The maximum Gasteiger partial charge on any atom is 0.246 e. The normalized spacial score (nSPS) is 17.2. The zero-order valence-corrected chi connectivity index (χ0v) is 11.4. The first-order valence-electron chi connectivity index (χ1n) is 6.79. The van der Waals surface area contributed by atoms with Gasteiger partial charge in [-0.25, -0.2) is 0 Å². The predicted octanol–water partition coefficient (Wildman–Crippen LogP) is 2.57. The van der Waals surface area contributed by atoms with Gasteiger partial charge in [0.05, 0.1) is 6.26 Å². The van der Waals surface area contributed by atoms with Crippen molar-refractivity contribution in [2.75, 3.05) is 26.8 Å². The van der Waals surface area contributed by atoms with Gasteiger partial charge in [0.25, 0.3) is 0 Å². The molecule has 0 unspecified atom stereocenters. The largest absolute Gasteiger partial charge is 0.465 e. The minimum Gasteiger partial charge on any atom is -0.465 e. The zero-order valence-electron chi connectivity index (χ0n) is 11.4. The highest BCUT2D eigenvalue weighted by Gasteiger charge is 2.21. The van der Waals surface area contributed by atoms with Crippen LogP contribution in [0.15, 0.2) is 28.9 Å². The summed E-state index contributed by atoms with van der Waals surface area (Å²) in [6.07, 6.45) is 8.16. The van der Waals surface area contributed by atoms with Crippen LogP contribution in [0.5, 0.6) is 0 Å². The van der Waals surface area contributed by atoms with Gasteiger partial charge < -0.3 is 14.1 Å². The minimum atomic E-state index is 0.0709. The van der Waals surface area contributed by atoms with E-state index in [1.165, 1.54) is 0 Å². The summed E-state index contributed by atoms with van der Waals surface area (Å²) in [7, 11) is 1.73. The molecule has 4 nitrogen and oxygen atoms in total. The number of carbonyl (C=O) groups is 1. The van der Waals surface area contributed by atoms with Crippen molar-refractivity contribution in [3.63, 3.8) is 0 Å². The molecule has 1 aromatic heterocycles. The second-order valence-corrected chi connectivity index (χ2v) is 4.90. The first-order valence-corrected chi connectivity index (χ1v) is 6.79. The Kier molecular flexibility index (Phi) is 5.21. The minimum absolute atomic E-state index is 0.0709. The molecule has 1 aromatic rings. The Labute approximate surface area is 114 Å². The monoisotopic (exact) mass is 263 g/mol. The molecule has 0 atom stereocenters. The van der Waals surface area contributed by atoms with Gasteiger partial charge >= 0.3 is 0 Å². The maximum absolute atomic E-state index is 12.0. The van der Waals surface area contributed by atoms with E-state index in [1.54, 1.807) is 25.5 Å². The molecule has 1 aliphatic heterocycles. The Morgan fingerprint density at radius 3 is 2.95 bits per heavy atom. The van der Waals surface area contributed by atoms with E-state index in [-0.39, 0.29) is 5.91 Å². The second kappa shape index (κ2) is 7.14. The van der Waals surface area contributed by atoms with Crippen molar-refractivity contribution in [2.45, 2.75) is 19.3 Å². The molecule has 2 heterocycles. The molecule has 19 heavy (non-hydrogen) atoms. The summed E-state index contributed by atoms with van der Waals surface area (Å²) in [4.78, 5) is 13.9. The Bertz CT molecular complexity index is 403. The summed E-state index contributed by atoms with van der Waals surface area (Å²) in [5.41, 5.74) is 0. The fourth-order valence-electron chi connectivity index (χ4n) is 2.37. The van der Waals surface area contributed by atoms with Crippen LogP contribution in [-0.4, -0.2) is 37.6 Å². The lowest BCUT2D eigenvalue weighted by Crippen LogP contribution is -2.37. The van der Waals surface area contributed by atoms with Gasteiger partial charge in [-0.15, -0.1) is 0 Å². The fourth-order valence-corrected chi connectivity index (χ4v) is 2.37. The average molecular weight is 263 g/mol. The summed E-state index contributed by atoms with van der Waals surface area (Å²) in [6, 6.07) is 3.65. The van der Waals surface area contributed by atoms with Crippen molar-refractivity contribution < 1.29 is 13.9 Å². The predicted molar refractivity (Wildman–Crippen MR) is 73.5 cm³/mol. The van der Waals surface area contributed by atoms with Crippen molar-refractivity contribution >= 4 is 12.0 Å². The van der Waals surface area contributed by atoms with Crippen molar-refractivity contribution in [1.29, 1.82) is 0 Å². The second-order valence-electron chi connectivity index (χ2n) is 4.90. The first-order chi connectivity index (χ1) is 9.29. The van der Waals surface area contributed by atoms with Crippen LogP contribution in [0.1, 0.15) is 25.0 Å². The van der Waals surface area contributed by atoms with Gasteiger partial charge in [0, 0.05) is 32.9 Å². The van der Waals surface area contributed by atoms with Gasteiger partial charge in [-0.1, -0.05) is 0 Å². The summed E-state index contributed by atoms with van der Waals surface area (Å²) in [5, 5.41) is 0. The van der Waals surface area contributed by atoms with Crippen LogP contribution in [0.3, 0.4) is 0 Å². The van der Waals surface area contributed by atoms with Gasteiger partial charge in [-0.05, 0) is 43.4 Å². The molecule has 1 aliphatic rings. The topological polar surface area (TPSA) is 42.7 Å². The average Bonchev–Trinajstić information content (AvgIpc) is 2.96. The number of furan rings is 1. The number of rotatable bonds is 5. The van der Waals surface area contributed by atoms with Crippen LogP contribution in [-0.2, 0) is 9.53 Å². The smallest absolute Gasteiger partial charge is 0.246 e. The quantitative estimate of drug-likeness (QED) is 0.767. The number of methoxy groups -OCH3 is 1. The van der Waals surface area contributed by atoms with E-state index in [9.17, 15) is 4.79 Å². The first kappa shape index (κ1) is 13.9. The Hall–Kier alpha value is -1.55. The lowest BCUT2D eigenvalue weighted by atomic mass is 9.94. The molecule has 0 aliphatic carbocycles. The number of likely N-dealkylation sites (tertiary alicyclic amines) is 1. The van der Waals surface area contributed by atoms with E-state index in [0.717, 1.165) is 39.0 Å². The third kappa shape index (κ3) is 4.24. The van der Waals surface area contributed by atoms with Crippen LogP contribution in [0.2, 0.25) is 0 Å². The van der Waals surface area contributed by atoms with Crippen molar-refractivity contribution in [2.24, 2.45) is 5.92 Å². The molecule has 2 rings (SSSR count). The van der Waals surface area contributed by atoms with Crippen molar-refractivity contribution in [3.05, 3.63) is 30.2 Å². The molecule has 0 spiro atoms. The van der Waals surface area contributed by atoms with E-state index in [4.69, 9.17) is 9.15 Å². The van der Waals surface area contributed by atoms with E-state index >= 15 is 0 Å². The Morgan fingerprint density at radius 2 is 2.32 bits per heavy atom. The molecule has 1 amide bonds. The summed E-state index contributed by atoms with van der Waals surface area (Å²) >= 11 is 0. The third-order valence-electron chi connectivity index (χ3n) is 3.59. The zero-order chi connectivity index (χ0) is 13.5. The molecule has 0 N–H and O–H groups in total. The lowest BCUT2D eigenvalue weighted by molar-refractivity contribution is -0.127. The Morgan fingerprint density at radius 1 is 1.53 bits per heavy atom. The van der Waals surface area contributed by atoms with E-state index in [2.05, 4.69) is 0 Å². The van der Waals surface area contributed by atoms with Gasteiger partial charge in [0.2, 0.25) is 5.91 Å². The standard InChI is InChI=1S/C15H21NO3/c1-18-12-8-13-6-9-16(10-7-13)15(17)5-4-14-3-2-11-19-14/h2-5,11,13H,6-10,12H2,1H3/b5-4+. The highest BCUT2D eigenvalue weighted by atomic mass is 16.5. The van der Waals surface area contributed by atoms with Crippen molar-refractivity contribution in [1.82, 2.24) is 4.90 Å². The van der Waals surface area contributed by atoms with Crippen LogP contribution in [0.4, 0.5) is 0 Å². The number of hydrogen-bond acceptors (Lipinski definition) is 3. The molecule has 4 heteroatoms. The fraction of sp³-hybridized carbons (Fsp3) is 0.533. The molecular weight excluding hydrogens is 242 g/mol. The highest BCUT2D eigenvalue weighted by Crippen LogP contribution is 2.20. The van der Waals surface area contributed by atoms with Crippen LogP contribution in [0.25, 0.3) is 6.08 Å². The van der Waals surface area contributed by atoms with E-state index < -0.39 is 0 Å². The molecule has 104 valence electrons. The van der Waals surface area contributed by atoms with Gasteiger partial charge in [0.1, 0.15) is 5.76 Å². The van der Waals surface area contributed by atoms with Crippen LogP contribution < -0.4 is 0 Å². The molecule has 0 aromatic carbocycles. The van der Waals surface area contributed by atoms with Crippen LogP contribution in [0, 0.1) is 5.92 Å². The number of carbonyl (C=O) groups excluding carboxylic acids is 1. The molecule has 0 bridgehead atoms. The van der Waals surface area contributed by atoms with Gasteiger partial charge in [-0.3, -0.25) is 4.79 Å². The van der Waals surface area contributed by atoms with Gasteiger partial charge in [-0.2, -0.15) is 0 Å². The molecule has 1 fully saturated rings. The van der Waals surface area contributed by atoms with Crippen molar-refractivity contribution in [3.8, 4) is 0 Å². The molecule has 1 saturated heterocycles. The third-order valence-corrected chi connectivity index (χ3v) is 3.59. The summed E-state index contributed by atoms with van der Waals surface area (Å²) in [6.45, 7) is 2.50. The molecule has 0 radical (unpaired) electrons. The number of piperidine rings is 1. The number of nitrogens with zero attached hydrogens (tertiary/aromatic N) is 1. The van der Waals surface area contributed by atoms with Crippen LogP contribution >= 0.6 is 0 Å². The summed E-state index contributed by atoms with van der Waals surface area (Å²) < 4.78 is 10.3. The van der Waals surface area contributed by atoms with E-state index in [0.29, 0.717) is 11.7 Å². The maximum atomic E-state index is 12.0. The number of amides is 1. The summed E-state index contributed by atoms with van der Waals surface area (Å²) in [5.74, 6) is 1.47. The lowest BCUT2D eigenvalue weighted by Gasteiger charge is -2.31. The SMILES string of the molecule is COCCC1CCN(C(=O)/C=C/c2ccco2)CC1. The van der Waals surface area contributed by atoms with Gasteiger partial charge in [0.15, 0.2) is 0 Å². The Balaban J connectivity index is 1.76. The molecular formula is C15H21NO3. The highest BCUT2D eigenvalue weighted by molar-refractivity contribution is 5.91.